The van der Waals surface area contributed by atoms with Crippen LogP contribution in [0.5, 0.6) is 0 Å². The molecule has 2 aromatic heterocycles. The summed E-state index contributed by atoms with van der Waals surface area (Å²) in [5.41, 5.74) is 21.1. The van der Waals surface area contributed by atoms with Gasteiger partial charge in [0.2, 0.25) is 11.8 Å². The quantitative estimate of drug-likeness (QED) is 0.137. The van der Waals surface area contributed by atoms with E-state index in [2.05, 4.69) is 27.7 Å². The fourth-order valence-electron chi connectivity index (χ4n) is 5.86. The number of aromatic nitrogens is 2. The van der Waals surface area contributed by atoms with Gasteiger partial charge in [-0.3, -0.25) is 0 Å². The summed E-state index contributed by atoms with van der Waals surface area (Å²) in [6.45, 7) is 8.66. The van der Waals surface area contributed by atoms with E-state index in [-0.39, 0.29) is 27.0 Å². The molecule has 0 spiro atoms. The molecule has 0 saturated heterocycles. The van der Waals surface area contributed by atoms with Gasteiger partial charge in [0, 0.05) is 11.1 Å². The molecule has 2 heterocycles. The predicted molar refractivity (Wildman–Crippen MR) is 193 cm³/mol. The topological polar surface area (TPSA) is 99.7 Å². The van der Waals surface area contributed by atoms with E-state index < -0.39 is 17.5 Å². The number of hydrogen-bond donors (Lipinski definition) is 0. The van der Waals surface area contributed by atoms with Crippen LogP contribution in [0.25, 0.3) is 34.0 Å². The van der Waals surface area contributed by atoms with Crippen LogP contribution in [0.15, 0.2) is 143 Å². The van der Waals surface area contributed by atoms with Gasteiger partial charge in [-0.25, -0.2) is 9.97 Å². The van der Waals surface area contributed by atoms with Crippen LogP contribution in [0.2, 0.25) is 0 Å². The summed E-state index contributed by atoms with van der Waals surface area (Å²) < 4.78 is 12.1. The normalized spacial score (nSPS) is 12.5. The van der Waals surface area contributed by atoms with Crippen LogP contribution in [-0.4, -0.2) is 9.97 Å². The minimum absolute atomic E-state index is 0.173. The molecule has 250 valence electrons. The molecular weight excluding hydrogens is 728 g/mol. The molecule has 2 N–H and O–H groups in total. The van der Waals surface area contributed by atoms with Crippen molar-refractivity contribution in [3.63, 3.8) is 0 Å². The van der Waals surface area contributed by atoms with Gasteiger partial charge in [-0.05, 0) is 11.8 Å². The van der Waals surface area contributed by atoms with E-state index in [1.807, 2.05) is 121 Å². The summed E-state index contributed by atoms with van der Waals surface area (Å²) in [7, 11) is 9.71. The largest absolute Gasteiger partial charge is 0.672 e. The molecule has 0 bridgehead atoms. The maximum Gasteiger partial charge on any atom is -0.0606 e. The molecule has 6 aromatic rings. The van der Waals surface area contributed by atoms with Crippen molar-refractivity contribution >= 4 is 19.4 Å². The number of halogens is 2. The Labute approximate surface area is 299 Å². The predicted octanol–water partition coefficient (Wildman–Crippen LogP) is 12.5. The second-order valence-corrected chi connectivity index (χ2v) is 14.5. The van der Waals surface area contributed by atoms with Crippen LogP contribution in [0.3, 0.4) is 0 Å². The zero-order valence-electron chi connectivity index (χ0n) is 27.3. The van der Waals surface area contributed by atoms with Crippen molar-refractivity contribution in [1.29, 1.82) is 0 Å². The number of nitrogens with one attached hydrogen (secondary N) is 2. The summed E-state index contributed by atoms with van der Waals surface area (Å²) in [5.74, 6) is 1.63. The third-order valence-electron chi connectivity index (χ3n) is 8.33. The molecule has 0 aliphatic rings. The van der Waals surface area contributed by atoms with Gasteiger partial charge in [0.05, 0.1) is 0 Å². The molecule has 0 unspecified atom stereocenters. The van der Waals surface area contributed by atoms with E-state index in [0.717, 1.165) is 33.6 Å². The molecule has 0 radical (unpaired) electrons. The van der Waals surface area contributed by atoms with E-state index in [1.54, 1.807) is 12.5 Å². The molecule has 4 aromatic carbocycles. The van der Waals surface area contributed by atoms with Crippen LogP contribution in [0.4, 0.5) is 0 Å². The zero-order valence-corrected chi connectivity index (χ0v) is 30.6. The van der Waals surface area contributed by atoms with E-state index >= 15 is 0 Å². The van der Waals surface area contributed by atoms with Crippen molar-refractivity contribution in [2.45, 2.75) is 45.2 Å². The Balaban J connectivity index is 0.000000231. The van der Waals surface area contributed by atoms with Gasteiger partial charge in [-0.2, -0.15) is 0 Å². The van der Waals surface area contributed by atoms with E-state index in [4.69, 9.17) is 49.7 Å². The van der Waals surface area contributed by atoms with Gasteiger partial charge >= 0.3 is 34.5 Å². The molecule has 0 aliphatic heterocycles. The monoisotopic (exact) mass is 768 g/mol. The van der Waals surface area contributed by atoms with Gasteiger partial charge in [-0.1, -0.05) is 160 Å². The Morgan fingerprint density at radius 3 is 1.12 bits per heavy atom. The molecule has 0 amide bonds. The summed E-state index contributed by atoms with van der Waals surface area (Å²) in [5, 5.41) is 0. The van der Waals surface area contributed by atoms with Gasteiger partial charge in [0.15, 0.2) is 0 Å². The Morgan fingerprint density at radius 2 is 0.833 bits per heavy atom. The van der Waals surface area contributed by atoms with Crippen LogP contribution in [-0.2, 0) is 20.6 Å². The molecule has 0 fully saturated rings. The van der Waals surface area contributed by atoms with Crippen molar-refractivity contribution in [3.8, 4) is 22.5 Å². The van der Waals surface area contributed by atoms with Crippen LogP contribution in [0.1, 0.15) is 62.7 Å². The van der Waals surface area contributed by atoms with Crippen LogP contribution >= 0.6 is 19.4 Å². The number of benzene rings is 4. The van der Waals surface area contributed by atoms with Crippen molar-refractivity contribution < 1.29 is 24.0 Å². The Bertz CT molecular complexity index is 1630. The number of hydrogen-bond acceptors (Lipinski definition) is 4. The first kappa shape index (κ1) is 37.2. The molecule has 9 heteroatoms. The maximum atomic E-state index is 8.07. The number of rotatable bonds is 9. The minimum Gasteiger partial charge on any atom is -0.672 e. The van der Waals surface area contributed by atoms with Gasteiger partial charge in [-0.15, -0.1) is 12.1 Å². The first-order chi connectivity index (χ1) is 23.2. The third kappa shape index (κ3) is 8.90. The zero-order chi connectivity index (χ0) is 34.5. The summed E-state index contributed by atoms with van der Waals surface area (Å²) in [6, 6.07) is 38.2. The van der Waals surface area contributed by atoms with Crippen molar-refractivity contribution in [2.24, 2.45) is 11.8 Å². The van der Waals surface area contributed by atoms with E-state index in [1.165, 1.54) is 0 Å². The van der Waals surface area contributed by atoms with Gasteiger partial charge < -0.3 is 20.3 Å². The molecule has 6 rings (SSSR count). The summed E-state index contributed by atoms with van der Waals surface area (Å²) in [4.78, 5) is 9.77. The van der Waals surface area contributed by atoms with Crippen molar-refractivity contribution in [2.75, 3.05) is 0 Å². The Morgan fingerprint density at radius 1 is 0.542 bits per heavy atom. The molecule has 2 atom stereocenters. The minimum atomic E-state index is -0.569. The fourth-order valence-corrected chi connectivity index (χ4v) is 5.86. The second kappa shape index (κ2) is 18.3. The van der Waals surface area contributed by atoms with Crippen LogP contribution < -0.4 is 0 Å². The van der Waals surface area contributed by atoms with Gasteiger partial charge in [0.25, 0.3) is 0 Å². The second-order valence-electron chi connectivity index (χ2n) is 11.8. The van der Waals surface area contributed by atoms with Crippen molar-refractivity contribution in [3.05, 3.63) is 168 Å². The number of nitrogens with zero attached hydrogens (tertiary/aromatic N) is 2. The molecule has 48 heavy (non-hydrogen) atoms. The Hall–Kier alpha value is -3.58. The van der Waals surface area contributed by atoms with Crippen molar-refractivity contribution in [1.82, 2.24) is 9.97 Å². The maximum absolute atomic E-state index is 8.07. The summed E-state index contributed by atoms with van der Waals surface area (Å²) in [6.07, 6.45) is 3.45. The number of oxazole rings is 2. The average Bonchev–Trinajstić information content (AvgIpc) is 3.82. The molecular formula is C39H40Cl2N4O2Ru. The van der Waals surface area contributed by atoms with Crippen LogP contribution in [0, 0.1) is 11.8 Å². The third-order valence-corrected chi connectivity index (χ3v) is 8.33. The van der Waals surface area contributed by atoms with E-state index in [9.17, 15) is 0 Å². The standard InChI is InChI=1S/C25H26N2O2.C14H14N2.2ClH.Ru/c1-17(2)25(18(3)4,23-26-21(15-28-23)19-11-7-5-8-12-19)24-27-22(16-29-24)20-13-9-6-10-14-20;15-13(11-7-3-1-4-8-11)14(16)12-9-5-2-6-10-12;;;/h5-18H,1-4H3;1-10,13-16H;2*1H;/q;-2;;;+4/p-2/t;13-,14-;;;/m.1.../s1. The summed E-state index contributed by atoms with van der Waals surface area (Å²) >= 11 is -0.346. The molecule has 6 nitrogen and oxygen atoms in total. The smallest absolute Gasteiger partial charge is 0.0606 e. The first-order valence-corrected chi connectivity index (χ1v) is 20.1. The average molecular weight is 769 g/mol. The molecule has 0 aliphatic carbocycles. The Kier molecular flexibility index (Phi) is 14.2. The fraction of sp³-hybridized carbons (Fsp3) is 0.231. The van der Waals surface area contributed by atoms with Gasteiger partial charge in [0.1, 0.15) is 29.3 Å². The first-order valence-electron chi connectivity index (χ1n) is 15.6. The SMILES string of the molecule is CC(C)C(c1nc(-c2ccccc2)co1)(c1nc(-c2ccccc2)co1)C(C)C.[Cl][Ru+2][Cl].[NH-][C@H](c1ccccc1)[C@H]([NH-])c1ccccc1. The van der Waals surface area contributed by atoms with E-state index in [0.29, 0.717) is 11.8 Å². The molecule has 0 saturated carbocycles.